The summed E-state index contributed by atoms with van der Waals surface area (Å²) in [5, 5.41) is 0. The van der Waals surface area contributed by atoms with E-state index in [9.17, 15) is 0 Å². The minimum atomic E-state index is 0.295. The second-order valence-corrected chi connectivity index (χ2v) is 13.2. The van der Waals surface area contributed by atoms with E-state index in [2.05, 4.69) is 114 Å². The van der Waals surface area contributed by atoms with Gasteiger partial charge in [0.05, 0.1) is 22.4 Å². The van der Waals surface area contributed by atoms with Crippen molar-refractivity contribution in [1.82, 2.24) is 19.8 Å². The molecule has 234 valence electrons. The van der Waals surface area contributed by atoms with E-state index >= 15 is 0 Å². The number of aliphatic imine (C=N–C) groups is 1. The summed E-state index contributed by atoms with van der Waals surface area (Å²) in [5.41, 5.74) is 9.89. The van der Waals surface area contributed by atoms with Crippen molar-refractivity contribution in [3.05, 3.63) is 96.1 Å². The highest BCUT2D eigenvalue weighted by atomic mass is 16.5. The lowest BCUT2D eigenvalue weighted by Gasteiger charge is -2.29. The van der Waals surface area contributed by atoms with Crippen LogP contribution >= 0.6 is 0 Å². The monoisotopic (exact) mass is 611 g/mol. The van der Waals surface area contributed by atoms with Crippen LogP contribution in [-0.2, 0) is 6.42 Å². The van der Waals surface area contributed by atoms with Crippen LogP contribution in [-0.4, -0.2) is 78.0 Å². The average molecular weight is 612 g/mol. The molecule has 1 N–H and O–H groups in total. The molecule has 1 aromatic heterocycles. The molecule has 0 atom stereocenters. The lowest BCUT2D eigenvalue weighted by molar-refractivity contribution is 0.114. The number of imidazole rings is 1. The number of aromatic nitrogens is 2. The maximum absolute atomic E-state index is 6.26. The van der Waals surface area contributed by atoms with Crippen LogP contribution in [0, 0.1) is 0 Å². The van der Waals surface area contributed by atoms with Crippen molar-refractivity contribution in [3.8, 4) is 34.0 Å². The summed E-state index contributed by atoms with van der Waals surface area (Å²) in [4.78, 5) is 18.2. The summed E-state index contributed by atoms with van der Waals surface area (Å²) in [5.74, 6) is 2.74. The van der Waals surface area contributed by atoms with Crippen molar-refractivity contribution in [2.24, 2.45) is 4.99 Å². The summed E-state index contributed by atoms with van der Waals surface area (Å²) in [6.45, 7) is 4.38. The molecule has 0 radical (unpaired) electrons. The zero-order chi connectivity index (χ0) is 31.0. The van der Waals surface area contributed by atoms with Gasteiger partial charge in [-0.25, -0.2) is 4.98 Å². The molecule has 2 fully saturated rings. The number of benzene rings is 4. The molecule has 3 aliphatic rings. The predicted octanol–water partition coefficient (Wildman–Crippen LogP) is 7.52. The molecule has 0 bridgehead atoms. The zero-order valence-corrected chi connectivity index (χ0v) is 26.7. The fourth-order valence-corrected chi connectivity index (χ4v) is 6.86. The Balaban J connectivity index is 0.950. The quantitative estimate of drug-likeness (QED) is 0.206. The number of nitrogens with one attached hydrogen (secondary N) is 1. The van der Waals surface area contributed by atoms with E-state index in [1.807, 2.05) is 0 Å². The third-order valence-corrected chi connectivity index (χ3v) is 9.77. The van der Waals surface area contributed by atoms with Gasteiger partial charge in [-0.2, -0.15) is 0 Å². The van der Waals surface area contributed by atoms with E-state index in [4.69, 9.17) is 19.5 Å². The van der Waals surface area contributed by atoms with Gasteiger partial charge in [0.1, 0.15) is 29.5 Å². The summed E-state index contributed by atoms with van der Waals surface area (Å²) >= 11 is 0. The summed E-state index contributed by atoms with van der Waals surface area (Å²) in [6.07, 6.45) is 5.76. The number of H-pyrrole nitrogens is 1. The maximum Gasteiger partial charge on any atom is 0.138 e. The molecule has 4 heterocycles. The molecule has 0 amide bonds. The Morgan fingerprint density at radius 3 is 1.80 bits per heavy atom. The van der Waals surface area contributed by atoms with Crippen molar-refractivity contribution in [3.63, 3.8) is 0 Å². The summed E-state index contributed by atoms with van der Waals surface area (Å²) < 4.78 is 12.5. The number of hydrogen-bond donors (Lipinski definition) is 1. The van der Waals surface area contributed by atoms with Crippen molar-refractivity contribution in [2.75, 3.05) is 40.3 Å². The van der Waals surface area contributed by atoms with Crippen LogP contribution < -0.4 is 9.47 Å². The van der Waals surface area contributed by atoms with Gasteiger partial charge in [-0.3, -0.25) is 4.99 Å². The number of piperidine rings is 2. The van der Waals surface area contributed by atoms with E-state index in [1.54, 1.807) is 0 Å². The SMILES string of the molecule is CN1CCC(Oc2ccc(C3=Nc4cc(-c5ccc6nc(-c7ccc(OC8CCN(C)CC8)cc7)[nH]c6c5)ccc4C3)cc2)CC1. The molecule has 4 aromatic carbocycles. The Kier molecular flexibility index (Phi) is 7.80. The van der Waals surface area contributed by atoms with Crippen molar-refractivity contribution < 1.29 is 9.47 Å². The number of hydrogen-bond acceptors (Lipinski definition) is 6. The molecule has 0 saturated carbocycles. The molecule has 7 nitrogen and oxygen atoms in total. The molecular formula is C39H41N5O2. The molecule has 8 rings (SSSR count). The smallest absolute Gasteiger partial charge is 0.138 e. The Hall–Kier alpha value is -4.46. The first kappa shape index (κ1) is 29.0. The highest BCUT2D eigenvalue weighted by Gasteiger charge is 2.21. The van der Waals surface area contributed by atoms with Gasteiger partial charge in [-0.1, -0.05) is 18.2 Å². The molecule has 46 heavy (non-hydrogen) atoms. The van der Waals surface area contributed by atoms with Crippen molar-refractivity contribution >= 4 is 22.4 Å². The maximum atomic E-state index is 6.26. The third-order valence-electron chi connectivity index (χ3n) is 9.77. The Labute approximate surface area is 270 Å². The number of likely N-dealkylation sites (tertiary alicyclic amines) is 2. The average Bonchev–Trinajstić information content (AvgIpc) is 3.71. The number of nitrogens with zero attached hydrogens (tertiary/aromatic N) is 4. The highest BCUT2D eigenvalue weighted by Crippen LogP contribution is 2.35. The van der Waals surface area contributed by atoms with Gasteiger partial charge in [0, 0.05) is 38.2 Å². The largest absolute Gasteiger partial charge is 0.490 e. The lowest BCUT2D eigenvalue weighted by Crippen LogP contribution is -2.35. The standard InChI is InChI=1S/C39H41N5O2/c1-43-19-15-33(16-20-43)45-31-10-5-26(6-11-31)36-25-30-4-3-28(23-37(30)40-36)29-9-14-35-38(24-29)42-39(41-35)27-7-12-32(13-8-27)46-34-17-21-44(2)22-18-34/h3-14,23-24,33-34H,15-22,25H2,1-2H3,(H,41,42). The van der Waals surface area contributed by atoms with E-state index < -0.39 is 0 Å². The van der Waals surface area contributed by atoms with Gasteiger partial charge in [-0.15, -0.1) is 0 Å². The van der Waals surface area contributed by atoms with E-state index in [0.717, 1.165) is 120 Å². The second kappa shape index (κ2) is 12.4. The van der Waals surface area contributed by atoms with Gasteiger partial charge in [0.25, 0.3) is 0 Å². The minimum absolute atomic E-state index is 0.295. The highest BCUT2D eigenvalue weighted by molar-refractivity contribution is 6.07. The molecule has 5 aromatic rings. The molecule has 7 heteroatoms. The minimum Gasteiger partial charge on any atom is -0.490 e. The Morgan fingerprint density at radius 2 is 1.17 bits per heavy atom. The van der Waals surface area contributed by atoms with E-state index in [0.29, 0.717) is 12.2 Å². The zero-order valence-electron chi connectivity index (χ0n) is 26.7. The Morgan fingerprint density at radius 1 is 0.630 bits per heavy atom. The number of aromatic amines is 1. The first-order chi connectivity index (χ1) is 22.5. The topological polar surface area (TPSA) is 66.0 Å². The van der Waals surface area contributed by atoms with Crippen LogP contribution in [0.1, 0.15) is 36.8 Å². The van der Waals surface area contributed by atoms with Crippen molar-refractivity contribution in [2.45, 2.75) is 44.3 Å². The van der Waals surface area contributed by atoms with Gasteiger partial charge in [0.2, 0.25) is 0 Å². The molecule has 2 saturated heterocycles. The van der Waals surface area contributed by atoms with Crippen LogP contribution in [0.3, 0.4) is 0 Å². The fraction of sp³-hybridized carbons (Fsp3) is 0.333. The van der Waals surface area contributed by atoms with Crippen LogP contribution in [0.25, 0.3) is 33.5 Å². The van der Waals surface area contributed by atoms with Gasteiger partial charge in [-0.05, 0) is 129 Å². The van der Waals surface area contributed by atoms with Gasteiger partial charge in [0.15, 0.2) is 0 Å². The Bertz CT molecular complexity index is 1860. The fourth-order valence-electron chi connectivity index (χ4n) is 6.86. The first-order valence-corrected chi connectivity index (χ1v) is 16.6. The van der Waals surface area contributed by atoms with Crippen LogP contribution in [0.15, 0.2) is 89.9 Å². The molecular weight excluding hydrogens is 570 g/mol. The summed E-state index contributed by atoms with van der Waals surface area (Å²) in [6, 6.07) is 29.9. The summed E-state index contributed by atoms with van der Waals surface area (Å²) in [7, 11) is 4.35. The third kappa shape index (κ3) is 6.17. The van der Waals surface area contributed by atoms with Gasteiger partial charge >= 0.3 is 0 Å². The van der Waals surface area contributed by atoms with Crippen LogP contribution in [0.5, 0.6) is 11.5 Å². The number of fused-ring (bicyclic) bond motifs is 2. The normalized spacial score (nSPS) is 18.1. The van der Waals surface area contributed by atoms with Gasteiger partial charge < -0.3 is 24.3 Å². The molecule has 0 aliphatic carbocycles. The second-order valence-electron chi connectivity index (χ2n) is 13.2. The van der Waals surface area contributed by atoms with Crippen molar-refractivity contribution in [1.29, 1.82) is 0 Å². The van der Waals surface area contributed by atoms with Crippen LogP contribution in [0.4, 0.5) is 5.69 Å². The number of rotatable bonds is 7. The predicted molar refractivity (Wildman–Crippen MR) is 186 cm³/mol. The van der Waals surface area contributed by atoms with Crippen LogP contribution in [0.2, 0.25) is 0 Å². The molecule has 3 aliphatic heterocycles. The van der Waals surface area contributed by atoms with E-state index in [1.165, 1.54) is 5.56 Å². The first-order valence-electron chi connectivity index (χ1n) is 16.6. The van der Waals surface area contributed by atoms with E-state index in [-0.39, 0.29) is 0 Å². The molecule has 0 spiro atoms. The lowest BCUT2D eigenvalue weighted by atomic mass is 10.00. The number of ether oxygens (including phenoxy) is 2. The molecule has 0 unspecified atom stereocenters.